The summed E-state index contributed by atoms with van der Waals surface area (Å²) in [5.74, 6) is -0.597. The van der Waals surface area contributed by atoms with Crippen LogP contribution in [0.2, 0.25) is 0 Å². The maximum absolute atomic E-state index is 12.6. The number of nitrogens with one attached hydrogen (secondary N) is 1. The SMILES string of the molecule is C=CC1=CC(Cl)=CN(C(C(=O)NCC(N)CC(F)(F)F)C(C)C)C1=C. The minimum Gasteiger partial charge on any atom is -0.353 e. The number of hydrogen-bond donors (Lipinski definition) is 2. The second-order valence-electron chi connectivity index (χ2n) is 6.19. The molecule has 0 aliphatic carbocycles. The van der Waals surface area contributed by atoms with Crippen LogP contribution in [0, 0.1) is 5.92 Å². The Balaban J connectivity index is 2.87. The van der Waals surface area contributed by atoms with Crippen LogP contribution in [0.3, 0.4) is 0 Å². The van der Waals surface area contributed by atoms with Gasteiger partial charge in [0, 0.05) is 24.5 Å². The smallest absolute Gasteiger partial charge is 0.353 e. The molecule has 1 rings (SSSR count). The van der Waals surface area contributed by atoms with E-state index in [-0.39, 0.29) is 12.5 Å². The molecule has 1 aliphatic heterocycles. The lowest BCUT2D eigenvalue weighted by atomic mass is 9.98. The van der Waals surface area contributed by atoms with E-state index in [9.17, 15) is 18.0 Å². The van der Waals surface area contributed by atoms with Gasteiger partial charge in [-0.25, -0.2) is 0 Å². The van der Waals surface area contributed by atoms with Gasteiger partial charge in [-0.2, -0.15) is 13.2 Å². The van der Waals surface area contributed by atoms with Gasteiger partial charge < -0.3 is 16.0 Å². The molecule has 0 aromatic heterocycles. The third-order valence-electron chi connectivity index (χ3n) is 3.65. The molecular formula is C17H23ClF3N3O. The monoisotopic (exact) mass is 377 g/mol. The summed E-state index contributed by atoms with van der Waals surface area (Å²) in [4.78, 5) is 14.2. The Morgan fingerprint density at radius 1 is 1.48 bits per heavy atom. The zero-order chi connectivity index (χ0) is 19.4. The number of rotatable bonds is 7. The van der Waals surface area contributed by atoms with E-state index >= 15 is 0 Å². The Kier molecular flexibility index (Phi) is 7.31. The number of alkyl halides is 3. The second kappa shape index (κ2) is 8.58. The highest BCUT2D eigenvalue weighted by molar-refractivity contribution is 6.31. The minimum atomic E-state index is -4.37. The first kappa shape index (κ1) is 21.3. The van der Waals surface area contributed by atoms with Gasteiger partial charge in [-0.05, 0) is 17.6 Å². The van der Waals surface area contributed by atoms with Crippen LogP contribution in [0.5, 0.6) is 0 Å². The number of carbonyl (C=O) groups excluding carboxylic acids is 1. The van der Waals surface area contributed by atoms with Crippen LogP contribution in [0.1, 0.15) is 20.3 Å². The van der Waals surface area contributed by atoms with E-state index in [0.717, 1.165) is 0 Å². The summed E-state index contributed by atoms with van der Waals surface area (Å²) in [6.45, 7) is 11.0. The molecule has 4 nitrogen and oxygen atoms in total. The van der Waals surface area contributed by atoms with Crippen molar-refractivity contribution in [3.63, 3.8) is 0 Å². The Bertz CT molecular complexity index is 596. The standard InChI is InChI=1S/C17H23ClF3N3O/c1-5-12-6-13(18)9-24(11(12)4)15(10(2)3)16(25)23-8-14(22)7-17(19,20)21/h5-6,9-10,14-15H,1,4,7-8,22H2,2-3H3,(H,23,25). The average molecular weight is 378 g/mol. The number of nitrogens with two attached hydrogens (primary N) is 1. The number of allylic oxidation sites excluding steroid dienone is 3. The fourth-order valence-electron chi connectivity index (χ4n) is 2.51. The Labute approximate surface area is 150 Å². The first-order valence-electron chi connectivity index (χ1n) is 7.75. The molecular weight excluding hydrogens is 355 g/mol. The van der Waals surface area contributed by atoms with Gasteiger partial charge in [-0.15, -0.1) is 0 Å². The fraction of sp³-hybridized carbons (Fsp3) is 0.471. The number of hydrogen-bond acceptors (Lipinski definition) is 3. The van der Waals surface area contributed by atoms with Crippen molar-refractivity contribution in [3.05, 3.63) is 47.8 Å². The molecule has 0 aromatic rings. The van der Waals surface area contributed by atoms with Gasteiger partial charge in [-0.3, -0.25) is 4.79 Å². The maximum atomic E-state index is 12.6. The van der Waals surface area contributed by atoms with Gasteiger partial charge in [0.1, 0.15) is 6.04 Å². The lowest BCUT2D eigenvalue weighted by Gasteiger charge is -2.36. The maximum Gasteiger partial charge on any atom is 0.390 e. The first-order valence-corrected chi connectivity index (χ1v) is 8.13. The minimum absolute atomic E-state index is 0.152. The van der Waals surface area contributed by atoms with Crippen molar-refractivity contribution >= 4 is 17.5 Å². The van der Waals surface area contributed by atoms with E-state index in [1.165, 1.54) is 0 Å². The molecule has 0 saturated heterocycles. The second-order valence-corrected chi connectivity index (χ2v) is 6.62. The summed E-state index contributed by atoms with van der Waals surface area (Å²) in [6, 6.07) is -1.90. The lowest BCUT2D eigenvalue weighted by molar-refractivity contribution is -0.139. The molecule has 0 fully saturated rings. The quantitative estimate of drug-likeness (QED) is 0.714. The molecule has 1 amide bonds. The zero-order valence-electron chi connectivity index (χ0n) is 14.2. The van der Waals surface area contributed by atoms with Gasteiger partial charge in [0.05, 0.1) is 11.5 Å². The molecule has 2 unspecified atom stereocenters. The van der Waals surface area contributed by atoms with Crippen LogP contribution in [0.15, 0.2) is 47.8 Å². The molecule has 1 heterocycles. The van der Waals surface area contributed by atoms with E-state index in [1.54, 1.807) is 23.3 Å². The molecule has 25 heavy (non-hydrogen) atoms. The van der Waals surface area contributed by atoms with Crippen LogP contribution in [0.4, 0.5) is 13.2 Å². The van der Waals surface area contributed by atoms with Crippen LogP contribution >= 0.6 is 11.6 Å². The first-order chi connectivity index (χ1) is 11.5. The van der Waals surface area contributed by atoms with Crippen molar-refractivity contribution in [2.75, 3.05) is 6.54 Å². The van der Waals surface area contributed by atoms with E-state index in [2.05, 4.69) is 18.5 Å². The molecule has 0 radical (unpaired) electrons. The molecule has 0 spiro atoms. The summed E-state index contributed by atoms with van der Waals surface area (Å²) < 4.78 is 37.0. The van der Waals surface area contributed by atoms with Gasteiger partial charge in [0.25, 0.3) is 0 Å². The normalized spacial score (nSPS) is 17.8. The predicted octanol–water partition coefficient (Wildman–Crippen LogP) is 3.43. The summed E-state index contributed by atoms with van der Waals surface area (Å²) in [6.07, 6.45) is -0.730. The average Bonchev–Trinajstić information content (AvgIpc) is 2.46. The topological polar surface area (TPSA) is 58.4 Å². The largest absolute Gasteiger partial charge is 0.390 e. The Morgan fingerprint density at radius 2 is 2.08 bits per heavy atom. The van der Waals surface area contributed by atoms with E-state index in [4.69, 9.17) is 17.3 Å². The van der Waals surface area contributed by atoms with Crippen molar-refractivity contribution in [1.82, 2.24) is 10.2 Å². The van der Waals surface area contributed by atoms with E-state index in [0.29, 0.717) is 16.3 Å². The number of carbonyl (C=O) groups is 1. The van der Waals surface area contributed by atoms with E-state index < -0.39 is 30.6 Å². The molecule has 2 atom stereocenters. The third kappa shape index (κ3) is 6.25. The Hall–Kier alpha value is -1.73. The van der Waals surface area contributed by atoms with Crippen LogP contribution in [-0.4, -0.2) is 35.6 Å². The fourth-order valence-corrected chi connectivity index (χ4v) is 2.73. The van der Waals surface area contributed by atoms with Crippen LogP contribution in [-0.2, 0) is 4.79 Å². The number of halogens is 4. The zero-order valence-corrected chi connectivity index (χ0v) is 15.0. The van der Waals surface area contributed by atoms with Gasteiger partial charge in [0.15, 0.2) is 0 Å². The van der Waals surface area contributed by atoms with Crippen LogP contribution < -0.4 is 11.1 Å². The van der Waals surface area contributed by atoms with Gasteiger partial charge in [-0.1, -0.05) is 44.7 Å². The van der Waals surface area contributed by atoms with Crippen molar-refractivity contribution in [1.29, 1.82) is 0 Å². The van der Waals surface area contributed by atoms with E-state index in [1.807, 2.05) is 13.8 Å². The summed E-state index contributed by atoms with van der Waals surface area (Å²) >= 11 is 6.08. The highest BCUT2D eigenvalue weighted by Crippen LogP contribution is 2.29. The molecule has 0 saturated carbocycles. The van der Waals surface area contributed by atoms with Crippen molar-refractivity contribution in [2.24, 2.45) is 11.7 Å². The van der Waals surface area contributed by atoms with Crippen molar-refractivity contribution < 1.29 is 18.0 Å². The molecule has 3 N–H and O–H groups in total. The Morgan fingerprint density at radius 3 is 2.56 bits per heavy atom. The summed E-state index contributed by atoms with van der Waals surface area (Å²) in [5, 5.41) is 2.89. The van der Waals surface area contributed by atoms with Crippen molar-refractivity contribution in [3.8, 4) is 0 Å². The molecule has 0 aromatic carbocycles. The lowest BCUT2D eigenvalue weighted by Crippen LogP contribution is -2.50. The molecule has 8 heteroatoms. The van der Waals surface area contributed by atoms with Crippen molar-refractivity contribution in [2.45, 2.75) is 38.5 Å². The molecule has 0 bridgehead atoms. The highest BCUT2D eigenvalue weighted by Gasteiger charge is 2.33. The van der Waals surface area contributed by atoms with Gasteiger partial charge in [0.2, 0.25) is 5.91 Å². The highest BCUT2D eigenvalue weighted by atomic mass is 35.5. The third-order valence-corrected chi connectivity index (χ3v) is 3.86. The van der Waals surface area contributed by atoms with Gasteiger partial charge >= 0.3 is 6.18 Å². The summed E-state index contributed by atoms with van der Waals surface area (Å²) in [7, 11) is 0. The molecule has 140 valence electrons. The number of nitrogens with zero attached hydrogens (tertiary/aromatic N) is 1. The number of amides is 1. The van der Waals surface area contributed by atoms with Crippen LogP contribution in [0.25, 0.3) is 0 Å². The summed E-state index contributed by atoms with van der Waals surface area (Å²) in [5.41, 5.74) is 6.64. The molecule has 1 aliphatic rings. The predicted molar refractivity (Wildman–Crippen MR) is 93.5 cm³/mol.